The summed E-state index contributed by atoms with van der Waals surface area (Å²) in [6, 6.07) is 0.345. The lowest BCUT2D eigenvalue weighted by Gasteiger charge is -2.39. The number of likely N-dealkylation sites (N-methyl/N-ethyl adjacent to an activating group) is 1. The predicted octanol–water partition coefficient (Wildman–Crippen LogP) is -0.816. The number of carbonyl (C=O) groups excluding carboxylic acids is 1. The number of rotatable bonds is 2. The van der Waals surface area contributed by atoms with Crippen LogP contribution >= 0.6 is 0 Å². The van der Waals surface area contributed by atoms with Crippen molar-refractivity contribution in [3.05, 3.63) is 0 Å². The minimum Gasteiger partial charge on any atom is -0.377 e. The van der Waals surface area contributed by atoms with Crippen LogP contribution < -0.4 is 10.6 Å². The average Bonchev–Trinajstić information content (AvgIpc) is 2.74. The van der Waals surface area contributed by atoms with Gasteiger partial charge in [0.05, 0.1) is 6.10 Å². The molecule has 2 N–H and O–H groups in total. The molecule has 16 heavy (non-hydrogen) atoms. The van der Waals surface area contributed by atoms with Crippen LogP contribution in [-0.2, 0) is 9.53 Å². The fraction of sp³-hybridized carbons (Fsp3) is 0.909. The summed E-state index contributed by atoms with van der Waals surface area (Å²) in [7, 11) is 1.70. The fourth-order valence-corrected chi connectivity index (χ4v) is 2.68. The molecule has 2 aliphatic heterocycles. The molecule has 0 aromatic heterocycles. The van der Waals surface area contributed by atoms with Gasteiger partial charge in [0.25, 0.3) is 0 Å². The molecular weight excluding hydrogens is 206 g/mol. The quantitative estimate of drug-likeness (QED) is 0.647. The molecule has 0 aromatic rings. The summed E-state index contributed by atoms with van der Waals surface area (Å²) in [5.74, 6) is 0.103. The molecule has 92 valence electrons. The van der Waals surface area contributed by atoms with Gasteiger partial charge in [-0.3, -0.25) is 9.69 Å². The standard InChI is InChI=1S/C11H21N3O2/c1-8-9(3-6-16-8)14-5-4-13-7-10(14)11(15)12-2/h8-10,13H,3-7H2,1-2H3,(H,12,15). The maximum Gasteiger partial charge on any atom is 0.238 e. The van der Waals surface area contributed by atoms with Crippen molar-refractivity contribution in [2.45, 2.75) is 31.5 Å². The first-order valence-corrected chi connectivity index (χ1v) is 6.03. The van der Waals surface area contributed by atoms with Crippen LogP contribution in [0.15, 0.2) is 0 Å². The molecule has 0 aromatic carbocycles. The third-order valence-corrected chi connectivity index (χ3v) is 3.60. The topological polar surface area (TPSA) is 53.6 Å². The van der Waals surface area contributed by atoms with Gasteiger partial charge in [-0.05, 0) is 13.3 Å². The number of hydrogen-bond acceptors (Lipinski definition) is 4. The van der Waals surface area contributed by atoms with Crippen LogP contribution in [0.1, 0.15) is 13.3 Å². The number of carbonyl (C=O) groups is 1. The van der Waals surface area contributed by atoms with Gasteiger partial charge in [0, 0.05) is 39.3 Å². The number of piperazine rings is 1. The minimum absolute atomic E-state index is 0.0482. The molecule has 3 unspecified atom stereocenters. The van der Waals surface area contributed by atoms with Crippen molar-refractivity contribution >= 4 is 5.91 Å². The Morgan fingerprint density at radius 1 is 1.56 bits per heavy atom. The van der Waals surface area contributed by atoms with Gasteiger partial charge in [-0.1, -0.05) is 0 Å². The second-order valence-corrected chi connectivity index (χ2v) is 4.50. The van der Waals surface area contributed by atoms with E-state index < -0.39 is 0 Å². The van der Waals surface area contributed by atoms with Crippen LogP contribution in [-0.4, -0.2) is 62.3 Å². The van der Waals surface area contributed by atoms with E-state index in [-0.39, 0.29) is 18.1 Å². The summed E-state index contributed by atoms with van der Waals surface area (Å²) in [6.07, 6.45) is 1.28. The summed E-state index contributed by atoms with van der Waals surface area (Å²) >= 11 is 0. The smallest absolute Gasteiger partial charge is 0.238 e. The first-order valence-electron chi connectivity index (χ1n) is 6.03. The zero-order chi connectivity index (χ0) is 11.5. The second kappa shape index (κ2) is 5.12. The fourth-order valence-electron chi connectivity index (χ4n) is 2.68. The van der Waals surface area contributed by atoms with Gasteiger partial charge >= 0.3 is 0 Å². The monoisotopic (exact) mass is 227 g/mol. The molecule has 0 saturated carbocycles. The Morgan fingerprint density at radius 3 is 3.00 bits per heavy atom. The molecule has 5 heteroatoms. The molecular formula is C11H21N3O2. The minimum atomic E-state index is -0.0482. The molecule has 2 aliphatic rings. The Balaban J connectivity index is 2.06. The van der Waals surface area contributed by atoms with Crippen LogP contribution in [0, 0.1) is 0 Å². The molecule has 0 bridgehead atoms. The highest BCUT2D eigenvalue weighted by Gasteiger charge is 2.37. The maximum absolute atomic E-state index is 11.8. The molecule has 2 saturated heterocycles. The molecule has 5 nitrogen and oxygen atoms in total. The van der Waals surface area contributed by atoms with Gasteiger partial charge in [-0.25, -0.2) is 0 Å². The molecule has 2 heterocycles. The van der Waals surface area contributed by atoms with Gasteiger partial charge in [-0.15, -0.1) is 0 Å². The van der Waals surface area contributed by atoms with Crippen LogP contribution in [0.5, 0.6) is 0 Å². The Hall–Kier alpha value is -0.650. The van der Waals surface area contributed by atoms with Gasteiger partial charge in [-0.2, -0.15) is 0 Å². The van der Waals surface area contributed by atoms with Crippen LogP contribution in [0.25, 0.3) is 0 Å². The number of hydrogen-bond donors (Lipinski definition) is 2. The molecule has 2 fully saturated rings. The Labute approximate surface area is 96.5 Å². The highest BCUT2D eigenvalue weighted by atomic mass is 16.5. The molecule has 0 aliphatic carbocycles. The lowest BCUT2D eigenvalue weighted by atomic mass is 10.0. The number of nitrogens with one attached hydrogen (secondary N) is 2. The third-order valence-electron chi connectivity index (χ3n) is 3.60. The normalized spacial score (nSPS) is 36.2. The first-order chi connectivity index (χ1) is 7.74. The lowest BCUT2D eigenvalue weighted by molar-refractivity contribution is -0.128. The van der Waals surface area contributed by atoms with Crippen molar-refractivity contribution in [2.24, 2.45) is 0 Å². The average molecular weight is 227 g/mol. The number of ether oxygens (including phenoxy) is 1. The second-order valence-electron chi connectivity index (χ2n) is 4.50. The largest absolute Gasteiger partial charge is 0.377 e. The van der Waals surface area contributed by atoms with Crippen LogP contribution in [0.4, 0.5) is 0 Å². The van der Waals surface area contributed by atoms with Crippen molar-refractivity contribution < 1.29 is 9.53 Å². The van der Waals surface area contributed by atoms with Gasteiger partial charge in [0.1, 0.15) is 6.04 Å². The summed E-state index contributed by atoms with van der Waals surface area (Å²) in [4.78, 5) is 14.1. The molecule has 0 radical (unpaired) electrons. The summed E-state index contributed by atoms with van der Waals surface area (Å²) in [6.45, 7) is 5.53. The number of nitrogens with zero attached hydrogens (tertiary/aromatic N) is 1. The molecule has 2 rings (SSSR count). The van der Waals surface area contributed by atoms with Crippen molar-refractivity contribution in [1.82, 2.24) is 15.5 Å². The molecule has 0 spiro atoms. The van der Waals surface area contributed by atoms with Gasteiger partial charge in [0.15, 0.2) is 0 Å². The zero-order valence-corrected chi connectivity index (χ0v) is 10.0. The van der Waals surface area contributed by atoms with Crippen molar-refractivity contribution in [3.8, 4) is 0 Å². The predicted molar refractivity (Wildman–Crippen MR) is 61.2 cm³/mol. The third kappa shape index (κ3) is 2.21. The van der Waals surface area contributed by atoms with Gasteiger partial charge in [0.2, 0.25) is 5.91 Å². The van der Waals surface area contributed by atoms with E-state index in [4.69, 9.17) is 4.74 Å². The first kappa shape index (κ1) is 11.8. The lowest BCUT2D eigenvalue weighted by Crippen LogP contribution is -2.61. The Bertz CT molecular complexity index is 260. The van der Waals surface area contributed by atoms with E-state index in [0.717, 1.165) is 32.7 Å². The Kier molecular flexibility index (Phi) is 3.78. The maximum atomic E-state index is 11.8. The van der Waals surface area contributed by atoms with Crippen molar-refractivity contribution in [2.75, 3.05) is 33.3 Å². The highest BCUT2D eigenvalue weighted by molar-refractivity contribution is 5.81. The van der Waals surface area contributed by atoms with E-state index in [1.54, 1.807) is 7.05 Å². The summed E-state index contributed by atoms with van der Waals surface area (Å²) in [5.41, 5.74) is 0. The zero-order valence-electron chi connectivity index (χ0n) is 10.0. The van der Waals surface area contributed by atoms with E-state index in [0.29, 0.717) is 6.04 Å². The molecule has 3 atom stereocenters. The van der Waals surface area contributed by atoms with Crippen molar-refractivity contribution in [3.63, 3.8) is 0 Å². The van der Waals surface area contributed by atoms with Crippen LogP contribution in [0.2, 0.25) is 0 Å². The van der Waals surface area contributed by atoms with Crippen molar-refractivity contribution in [1.29, 1.82) is 0 Å². The van der Waals surface area contributed by atoms with E-state index in [9.17, 15) is 4.79 Å². The molecule has 1 amide bonds. The van der Waals surface area contributed by atoms with E-state index in [2.05, 4.69) is 22.5 Å². The highest BCUT2D eigenvalue weighted by Crippen LogP contribution is 2.22. The summed E-state index contributed by atoms with van der Waals surface area (Å²) in [5, 5.41) is 6.02. The summed E-state index contributed by atoms with van der Waals surface area (Å²) < 4.78 is 5.59. The number of amides is 1. The SMILES string of the molecule is CNC(=O)C1CNCCN1C1CCOC1C. The Morgan fingerprint density at radius 2 is 2.38 bits per heavy atom. The van der Waals surface area contributed by atoms with Crippen LogP contribution in [0.3, 0.4) is 0 Å². The van der Waals surface area contributed by atoms with E-state index >= 15 is 0 Å². The van der Waals surface area contributed by atoms with Gasteiger partial charge < -0.3 is 15.4 Å². The van der Waals surface area contributed by atoms with E-state index in [1.807, 2.05) is 0 Å². The van der Waals surface area contributed by atoms with E-state index in [1.165, 1.54) is 0 Å².